The van der Waals surface area contributed by atoms with Crippen LogP contribution in [0.5, 0.6) is 17.2 Å². The summed E-state index contributed by atoms with van der Waals surface area (Å²) in [6.07, 6.45) is 0.513. The molecule has 2 heterocycles. The molecule has 2 amide bonds. The topological polar surface area (TPSA) is 93.1 Å². The lowest BCUT2D eigenvalue weighted by atomic mass is 9.98. The molecular weight excluding hydrogens is 512 g/mol. The van der Waals surface area contributed by atoms with E-state index in [1.807, 2.05) is 56.3 Å². The Bertz CT molecular complexity index is 1190. The first-order chi connectivity index (χ1) is 19.3. The maximum absolute atomic E-state index is 13.9. The lowest BCUT2D eigenvalue weighted by molar-refractivity contribution is -0.143. The number of hydrogen-bond donors (Lipinski definition) is 0. The van der Waals surface area contributed by atoms with Crippen LogP contribution in [-0.2, 0) is 14.3 Å². The number of amides is 2. The monoisotopic (exact) mass is 552 g/mol. The second-order valence-electron chi connectivity index (χ2n) is 10.2. The Morgan fingerprint density at radius 1 is 1.00 bits per heavy atom. The van der Waals surface area contributed by atoms with Gasteiger partial charge in [0, 0.05) is 38.5 Å². The SMILES string of the molecule is COc1ccc(C2=NN(C(=O)CN(CCN3CCOCC3)C(=O)C(C)C)C(c3ccc(OC)c(OC)c3)C2)cc1. The molecule has 0 aromatic heterocycles. The highest BCUT2D eigenvalue weighted by Crippen LogP contribution is 2.37. The minimum absolute atomic E-state index is 0.0511. The number of nitrogens with zero attached hydrogens (tertiary/aromatic N) is 4. The summed E-state index contributed by atoms with van der Waals surface area (Å²) in [4.78, 5) is 31.0. The van der Waals surface area contributed by atoms with Crippen molar-refractivity contribution in [1.82, 2.24) is 14.8 Å². The van der Waals surface area contributed by atoms with Crippen molar-refractivity contribution in [1.29, 1.82) is 0 Å². The van der Waals surface area contributed by atoms with Crippen LogP contribution >= 0.6 is 0 Å². The molecule has 2 aromatic carbocycles. The van der Waals surface area contributed by atoms with Gasteiger partial charge in [-0.2, -0.15) is 5.10 Å². The molecule has 1 unspecified atom stereocenters. The molecule has 0 radical (unpaired) electrons. The normalized spacial score (nSPS) is 17.5. The first-order valence-electron chi connectivity index (χ1n) is 13.7. The van der Waals surface area contributed by atoms with Crippen molar-refractivity contribution < 1.29 is 28.5 Å². The number of ether oxygens (including phenoxy) is 4. The second-order valence-corrected chi connectivity index (χ2v) is 10.2. The molecule has 2 aliphatic heterocycles. The summed E-state index contributed by atoms with van der Waals surface area (Å²) < 4.78 is 21.7. The minimum Gasteiger partial charge on any atom is -0.497 e. The third-order valence-electron chi connectivity index (χ3n) is 7.30. The highest BCUT2D eigenvalue weighted by molar-refractivity contribution is 6.03. The van der Waals surface area contributed by atoms with Crippen LogP contribution in [0.4, 0.5) is 0 Å². The summed E-state index contributed by atoms with van der Waals surface area (Å²) in [6, 6.07) is 12.9. The first-order valence-corrected chi connectivity index (χ1v) is 13.7. The maximum atomic E-state index is 13.9. The van der Waals surface area contributed by atoms with Crippen LogP contribution in [0.15, 0.2) is 47.6 Å². The molecule has 216 valence electrons. The van der Waals surface area contributed by atoms with Gasteiger partial charge in [-0.1, -0.05) is 19.9 Å². The second kappa shape index (κ2) is 13.6. The van der Waals surface area contributed by atoms with Gasteiger partial charge in [0.05, 0.1) is 46.3 Å². The molecule has 2 aromatic rings. The molecule has 1 atom stereocenters. The molecule has 10 heteroatoms. The van der Waals surface area contributed by atoms with E-state index in [1.165, 1.54) is 5.01 Å². The number of methoxy groups -OCH3 is 3. The van der Waals surface area contributed by atoms with Crippen molar-refractivity contribution in [2.45, 2.75) is 26.3 Å². The highest BCUT2D eigenvalue weighted by Gasteiger charge is 2.35. The average Bonchev–Trinajstić information content (AvgIpc) is 3.44. The molecule has 0 N–H and O–H groups in total. The van der Waals surface area contributed by atoms with Crippen LogP contribution in [0, 0.1) is 5.92 Å². The van der Waals surface area contributed by atoms with Crippen LogP contribution in [0.3, 0.4) is 0 Å². The van der Waals surface area contributed by atoms with Gasteiger partial charge in [0.15, 0.2) is 11.5 Å². The van der Waals surface area contributed by atoms with E-state index in [9.17, 15) is 9.59 Å². The number of benzene rings is 2. The molecule has 4 rings (SSSR count). The van der Waals surface area contributed by atoms with Gasteiger partial charge in [-0.15, -0.1) is 0 Å². The third kappa shape index (κ3) is 6.92. The average molecular weight is 553 g/mol. The molecule has 0 spiro atoms. The summed E-state index contributed by atoms with van der Waals surface area (Å²) in [5.74, 6) is 1.41. The van der Waals surface area contributed by atoms with Crippen molar-refractivity contribution >= 4 is 17.5 Å². The van der Waals surface area contributed by atoms with Gasteiger partial charge in [0.2, 0.25) is 5.91 Å². The van der Waals surface area contributed by atoms with Gasteiger partial charge in [-0.05, 0) is 47.5 Å². The molecule has 0 bridgehead atoms. The maximum Gasteiger partial charge on any atom is 0.262 e. The lowest BCUT2D eigenvalue weighted by Gasteiger charge is -2.31. The fraction of sp³-hybridized carbons (Fsp3) is 0.500. The summed E-state index contributed by atoms with van der Waals surface area (Å²) in [6.45, 7) is 7.82. The number of morpholine rings is 1. The fourth-order valence-corrected chi connectivity index (χ4v) is 4.97. The zero-order valence-electron chi connectivity index (χ0n) is 24.1. The van der Waals surface area contributed by atoms with Crippen molar-refractivity contribution in [2.24, 2.45) is 11.0 Å². The number of hydrazone groups is 1. The van der Waals surface area contributed by atoms with Gasteiger partial charge in [-0.3, -0.25) is 14.5 Å². The number of carbonyl (C=O) groups is 2. The Kier molecular flexibility index (Phi) is 10.0. The van der Waals surface area contributed by atoms with Crippen LogP contribution in [0.25, 0.3) is 0 Å². The summed E-state index contributed by atoms with van der Waals surface area (Å²) in [5.41, 5.74) is 2.56. The van der Waals surface area contributed by atoms with E-state index in [0.717, 1.165) is 35.7 Å². The molecule has 2 aliphatic rings. The van der Waals surface area contributed by atoms with Crippen molar-refractivity contribution in [2.75, 3.05) is 67.3 Å². The highest BCUT2D eigenvalue weighted by atomic mass is 16.5. The quantitative estimate of drug-likeness (QED) is 0.423. The summed E-state index contributed by atoms with van der Waals surface area (Å²) >= 11 is 0. The molecule has 1 fully saturated rings. The Morgan fingerprint density at radius 2 is 1.70 bits per heavy atom. The summed E-state index contributed by atoms with van der Waals surface area (Å²) in [5, 5.41) is 6.32. The smallest absolute Gasteiger partial charge is 0.262 e. The number of hydrogen-bond acceptors (Lipinski definition) is 8. The van der Waals surface area contributed by atoms with Crippen molar-refractivity contribution in [3.05, 3.63) is 53.6 Å². The fourth-order valence-electron chi connectivity index (χ4n) is 4.97. The van der Waals surface area contributed by atoms with Gasteiger partial charge >= 0.3 is 0 Å². The zero-order chi connectivity index (χ0) is 28.6. The standard InChI is InChI=1S/C30H40N4O6/c1-21(2)30(36)33(13-12-32-14-16-40-17-15-32)20-29(35)34-26(23-8-11-27(38-4)28(18-23)39-5)19-25(31-34)22-6-9-24(37-3)10-7-22/h6-11,18,21,26H,12-17,19-20H2,1-5H3. The zero-order valence-corrected chi connectivity index (χ0v) is 24.1. The van der Waals surface area contributed by atoms with Gasteiger partial charge < -0.3 is 23.8 Å². The predicted molar refractivity (Wildman–Crippen MR) is 152 cm³/mol. The van der Waals surface area contributed by atoms with E-state index < -0.39 is 0 Å². The predicted octanol–water partition coefficient (Wildman–Crippen LogP) is 3.21. The van der Waals surface area contributed by atoms with Gasteiger partial charge in [0.1, 0.15) is 12.3 Å². The number of carbonyl (C=O) groups excluding carboxylic acids is 2. The van der Waals surface area contributed by atoms with Crippen molar-refractivity contribution in [3.8, 4) is 17.2 Å². The Hall–Kier alpha value is -3.63. The van der Waals surface area contributed by atoms with Crippen molar-refractivity contribution in [3.63, 3.8) is 0 Å². The van der Waals surface area contributed by atoms with E-state index >= 15 is 0 Å². The first kappa shape index (κ1) is 29.4. The van der Waals surface area contributed by atoms with Gasteiger partial charge in [-0.25, -0.2) is 5.01 Å². The molecular formula is C30H40N4O6. The van der Waals surface area contributed by atoms with Crippen LogP contribution in [0.1, 0.15) is 37.4 Å². The van der Waals surface area contributed by atoms with E-state index in [-0.39, 0.29) is 30.3 Å². The molecule has 1 saturated heterocycles. The molecule has 10 nitrogen and oxygen atoms in total. The molecule has 40 heavy (non-hydrogen) atoms. The van der Waals surface area contributed by atoms with Crippen LogP contribution in [-0.4, -0.2) is 99.6 Å². The molecule has 0 aliphatic carbocycles. The van der Waals surface area contributed by atoms with E-state index in [1.54, 1.807) is 26.2 Å². The van der Waals surface area contributed by atoms with Gasteiger partial charge in [0.25, 0.3) is 5.91 Å². The lowest BCUT2D eigenvalue weighted by Crippen LogP contribution is -2.47. The van der Waals surface area contributed by atoms with Crippen LogP contribution < -0.4 is 14.2 Å². The van der Waals surface area contributed by atoms with E-state index in [2.05, 4.69) is 4.90 Å². The van der Waals surface area contributed by atoms with E-state index in [0.29, 0.717) is 44.2 Å². The Morgan fingerprint density at radius 3 is 2.33 bits per heavy atom. The Labute approximate surface area is 236 Å². The van der Waals surface area contributed by atoms with E-state index in [4.69, 9.17) is 24.0 Å². The van der Waals surface area contributed by atoms with Crippen LogP contribution in [0.2, 0.25) is 0 Å². The third-order valence-corrected chi connectivity index (χ3v) is 7.30. The Balaban J connectivity index is 1.61. The minimum atomic E-state index is -0.361. The summed E-state index contributed by atoms with van der Waals surface area (Å²) in [7, 11) is 4.80. The largest absolute Gasteiger partial charge is 0.497 e. The molecule has 0 saturated carbocycles. The number of rotatable bonds is 11.